The number of halogens is 1. The van der Waals surface area contributed by atoms with Crippen molar-refractivity contribution in [3.05, 3.63) is 65.5 Å². The number of carbonyl (C=O) groups is 1. The molecular weight excluding hydrogens is 377 g/mol. The zero-order valence-corrected chi connectivity index (χ0v) is 15.3. The molecule has 2 aliphatic rings. The van der Waals surface area contributed by atoms with Gasteiger partial charge >= 0.3 is 0 Å². The number of imidazole rings is 1. The number of amides is 1. The molecule has 0 spiro atoms. The van der Waals surface area contributed by atoms with Crippen molar-refractivity contribution in [3.63, 3.8) is 0 Å². The van der Waals surface area contributed by atoms with Crippen molar-refractivity contribution in [1.82, 2.24) is 24.8 Å². The van der Waals surface area contributed by atoms with Gasteiger partial charge in [-0.2, -0.15) is 0 Å². The van der Waals surface area contributed by atoms with Crippen LogP contribution in [0.2, 0.25) is 0 Å². The number of hydrogen-bond acceptors (Lipinski definition) is 6. The summed E-state index contributed by atoms with van der Waals surface area (Å²) in [4.78, 5) is 31.3. The lowest BCUT2D eigenvalue weighted by Gasteiger charge is -2.32. The first-order chi connectivity index (χ1) is 14.2. The number of hydrogen-bond donors (Lipinski definition) is 1. The number of oxazole rings is 2. The molecular formula is C20H16FN5O3. The number of benzene rings is 1. The van der Waals surface area contributed by atoms with Crippen molar-refractivity contribution >= 4 is 17.0 Å². The second-order valence-electron chi connectivity index (χ2n) is 7.42. The Morgan fingerprint density at radius 2 is 2.14 bits per heavy atom. The molecule has 8 nitrogen and oxygen atoms in total. The van der Waals surface area contributed by atoms with Crippen molar-refractivity contribution in [1.29, 1.82) is 0 Å². The fraction of sp³-hybridized carbons (Fsp3) is 0.300. The molecule has 146 valence electrons. The van der Waals surface area contributed by atoms with E-state index in [1.807, 2.05) is 0 Å². The molecule has 1 aromatic carbocycles. The lowest BCUT2D eigenvalue weighted by atomic mass is 10.0. The maximum Gasteiger partial charge on any atom is 0.292 e. The summed E-state index contributed by atoms with van der Waals surface area (Å²) in [6.45, 7) is 0.441. The van der Waals surface area contributed by atoms with Gasteiger partial charge in [-0.25, -0.2) is 19.3 Å². The molecule has 4 heterocycles. The highest BCUT2D eigenvalue weighted by Crippen LogP contribution is 2.42. The highest BCUT2D eigenvalue weighted by molar-refractivity contribution is 5.93. The number of aromatic amines is 1. The van der Waals surface area contributed by atoms with Crippen LogP contribution in [0.3, 0.4) is 0 Å². The van der Waals surface area contributed by atoms with Gasteiger partial charge in [-0.1, -0.05) is 0 Å². The average Bonchev–Trinajstić information content (AvgIpc) is 3.13. The van der Waals surface area contributed by atoms with Gasteiger partial charge in [0.25, 0.3) is 5.91 Å². The summed E-state index contributed by atoms with van der Waals surface area (Å²) < 4.78 is 25.0. The summed E-state index contributed by atoms with van der Waals surface area (Å²) >= 11 is 0. The fourth-order valence-electron chi connectivity index (χ4n) is 3.97. The third kappa shape index (κ3) is 2.57. The summed E-state index contributed by atoms with van der Waals surface area (Å²) in [6.07, 6.45) is 5.56. The standard InChI is InChI=1S/C20H16FN5O3/c21-11-3-4-14-13(7-11)25-19(29-14)17-16-12(22-8-23-16)5-6-26(17)20(27)18-15(10-1-2-10)24-9-28-18/h3-4,7-10,17H,1-2,5-6H2,(H,22,23)/t17-/m0/s1. The first kappa shape index (κ1) is 16.5. The van der Waals surface area contributed by atoms with Crippen LogP contribution in [0.1, 0.15) is 58.3 Å². The Morgan fingerprint density at radius 1 is 1.24 bits per heavy atom. The number of nitrogens with one attached hydrogen (secondary N) is 1. The van der Waals surface area contributed by atoms with Gasteiger partial charge in [-0.05, 0) is 25.0 Å². The van der Waals surface area contributed by atoms with Crippen LogP contribution in [-0.4, -0.2) is 37.3 Å². The van der Waals surface area contributed by atoms with Crippen molar-refractivity contribution in [3.8, 4) is 0 Å². The highest BCUT2D eigenvalue weighted by Gasteiger charge is 2.41. The van der Waals surface area contributed by atoms with Crippen LogP contribution in [0.5, 0.6) is 0 Å². The van der Waals surface area contributed by atoms with Crippen molar-refractivity contribution in [2.24, 2.45) is 0 Å². The summed E-state index contributed by atoms with van der Waals surface area (Å²) in [6, 6.07) is 3.52. The first-order valence-electron chi connectivity index (χ1n) is 9.51. The quantitative estimate of drug-likeness (QED) is 0.573. The molecule has 29 heavy (non-hydrogen) atoms. The van der Waals surface area contributed by atoms with E-state index in [1.54, 1.807) is 11.2 Å². The molecule has 3 aromatic heterocycles. The lowest BCUT2D eigenvalue weighted by Crippen LogP contribution is -2.41. The summed E-state index contributed by atoms with van der Waals surface area (Å²) in [5, 5.41) is 0. The molecule has 0 saturated heterocycles. The molecule has 1 atom stereocenters. The van der Waals surface area contributed by atoms with E-state index in [9.17, 15) is 9.18 Å². The summed E-state index contributed by atoms with van der Waals surface area (Å²) in [5.74, 6) is 0.170. The van der Waals surface area contributed by atoms with E-state index in [1.165, 1.54) is 24.6 Å². The molecule has 1 aliphatic heterocycles. The molecule has 0 unspecified atom stereocenters. The topological polar surface area (TPSA) is 101 Å². The molecule has 6 rings (SSSR count). The molecule has 4 aromatic rings. The number of nitrogens with zero attached hydrogens (tertiary/aromatic N) is 4. The summed E-state index contributed by atoms with van der Waals surface area (Å²) in [5.41, 5.74) is 3.15. The Hall–Kier alpha value is -3.49. The van der Waals surface area contributed by atoms with Crippen LogP contribution >= 0.6 is 0 Å². The van der Waals surface area contributed by atoms with Crippen LogP contribution in [0.25, 0.3) is 11.1 Å². The van der Waals surface area contributed by atoms with Gasteiger partial charge in [-0.3, -0.25) is 4.79 Å². The minimum atomic E-state index is -0.634. The van der Waals surface area contributed by atoms with Crippen molar-refractivity contribution in [2.75, 3.05) is 6.54 Å². The number of H-pyrrole nitrogens is 1. The van der Waals surface area contributed by atoms with Gasteiger partial charge in [0.15, 0.2) is 18.0 Å². The third-order valence-electron chi connectivity index (χ3n) is 5.54. The van der Waals surface area contributed by atoms with Crippen LogP contribution in [0.15, 0.2) is 39.8 Å². The Bertz CT molecular complexity index is 1240. The zero-order valence-electron chi connectivity index (χ0n) is 15.3. The number of carbonyl (C=O) groups excluding carboxylic acids is 1. The monoisotopic (exact) mass is 393 g/mol. The zero-order chi connectivity index (χ0) is 19.5. The number of fused-ring (bicyclic) bond motifs is 2. The van der Waals surface area contributed by atoms with Gasteiger partial charge in [0.2, 0.25) is 11.7 Å². The molecule has 1 N–H and O–H groups in total. The van der Waals surface area contributed by atoms with Crippen LogP contribution in [0.4, 0.5) is 4.39 Å². The SMILES string of the molecule is O=C(c1ocnc1C1CC1)N1CCc2[nH]cnc2[C@H]1c1nc2cc(F)ccc2o1. The molecule has 9 heteroatoms. The predicted octanol–water partition coefficient (Wildman–Crippen LogP) is 3.34. The first-order valence-corrected chi connectivity index (χ1v) is 9.51. The van der Waals surface area contributed by atoms with Gasteiger partial charge in [-0.15, -0.1) is 0 Å². The normalized spacial score (nSPS) is 18.9. The molecule has 0 radical (unpaired) electrons. The van der Waals surface area contributed by atoms with E-state index in [0.29, 0.717) is 41.3 Å². The van der Waals surface area contributed by atoms with Gasteiger partial charge < -0.3 is 18.7 Å². The second kappa shape index (κ2) is 6.00. The number of rotatable bonds is 3. The molecule has 1 saturated carbocycles. The Labute approximate surface area is 163 Å². The predicted molar refractivity (Wildman–Crippen MR) is 97.6 cm³/mol. The maximum atomic E-state index is 13.6. The Morgan fingerprint density at radius 3 is 3.00 bits per heavy atom. The molecule has 1 fully saturated rings. The van der Waals surface area contributed by atoms with E-state index < -0.39 is 11.9 Å². The fourth-order valence-corrected chi connectivity index (χ4v) is 3.97. The van der Waals surface area contributed by atoms with Crippen LogP contribution < -0.4 is 0 Å². The second-order valence-corrected chi connectivity index (χ2v) is 7.42. The highest BCUT2D eigenvalue weighted by atomic mass is 19.1. The van der Waals surface area contributed by atoms with Gasteiger partial charge in [0, 0.05) is 30.6 Å². The summed E-state index contributed by atoms with van der Waals surface area (Å²) in [7, 11) is 0. The van der Waals surface area contributed by atoms with E-state index in [4.69, 9.17) is 8.83 Å². The van der Waals surface area contributed by atoms with Gasteiger partial charge in [0.1, 0.15) is 11.3 Å². The Kier molecular flexibility index (Phi) is 3.41. The van der Waals surface area contributed by atoms with E-state index in [-0.39, 0.29) is 17.6 Å². The van der Waals surface area contributed by atoms with E-state index in [2.05, 4.69) is 19.9 Å². The maximum absolute atomic E-state index is 13.6. The van der Waals surface area contributed by atoms with Crippen LogP contribution in [-0.2, 0) is 6.42 Å². The minimum absolute atomic E-state index is 0.263. The molecule has 1 aliphatic carbocycles. The van der Waals surface area contributed by atoms with E-state index >= 15 is 0 Å². The Balaban J connectivity index is 1.46. The largest absolute Gasteiger partial charge is 0.438 e. The van der Waals surface area contributed by atoms with Gasteiger partial charge in [0.05, 0.1) is 17.7 Å². The smallest absolute Gasteiger partial charge is 0.292 e. The van der Waals surface area contributed by atoms with Crippen molar-refractivity contribution in [2.45, 2.75) is 31.2 Å². The van der Waals surface area contributed by atoms with Crippen LogP contribution in [0, 0.1) is 5.82 Å². The minimum Gasteiger partial charge on any atom is -0.438 e. The van der Waals surface area contributed by atoms with Crippen molar-refractivity contribution < 1.29 is 18.0 Å². The lowest BCUT2D eigenvalue weighted by molar-refractivity contribution is 0.0633. The third-order valence-corrected chi connectivity index (χ3v) is 5.54. The van der Waals surface area contributed by atoms with E-state index in [0.717, 1.165) is 18.5 Å². The average molecular weight is 393 g/mol. The molecule has 0 bridgehead atoms. The molecule has 1 amide bonds. The number of aromatic nitrogens is 4.